The highest BCUT2D eigenvalue weighted by atomic mass is 16.5. The Morgan fingerprint density at radius 3 is 2.64 bits per heavy atom. The Balaban J connectivity index is 1.17. The van der Waals surface area contributed by atoms with Crippen LogP contribution >= 0.6 is 0 Å². The number of nitrogens with one attached hydrogen (secondary N) is 1. The van der Waals surface area contributed by atoms with Crippen LogP contribution in [0.4, 0.5) is 23.3 Å². The second kappa shape index (κ2) is 8.57. The first-order chi connectivity index (χ1) is 16.2. The highest BCUT2D eigenvalue weighted by Crippen LogP contribution is 2.35. The van der Waals surface area contributed by atoms with Gasteiger partial charge in [0, 0.05) is 55.2 Å². The zero-order valence-electron chi connectivity index (χ0n) is 18.6. The Morgan fingerprint density at radius 2 is 1.91 bits per heavy atom. The first kappa shape index (κ1) is 20.3. The van der Waals surface area contributed by atoms with Crippen molar-refractivity contribution in [2.45, 2.75) is 25.5 Å². The van der Waals surface area contributed by atoms with Crippen LogP contribution in [0.25, 0.3) is 11.3 Å². The minimum absolute atomic E-state index is 0.384. The van der Waals surface area contributed by atoms with Gasteiger partial charge in [-0.3, -0.25) is 0 Å². The van der Waals surface area contributed by atoms with Gasteiger partial charge in [-0.2, -0.15) is 0 Å². The summed E-state index contributed by atoms with van der Waals surface area (Å²) >= 11 is 0. The van der Waals surface area contributed by atoms with Crippen molar-refractivity contribution in [2.24, 2.45) is 0 Å². The Morgan fingerprint density at radius 1 is 1.06 bits per heavy atom. The van der Waals surface area contributed by atoms with Crippen molar-refractivity contribution in [3.8, 4) is 11.3 Å². The summed E-state index contributed by atoms with van der Waals surface area (Å²) in [4.78, 5) is 22.8. The largest absolute Gasteiger partial charge is 0.378 e. The smallest absolute Gasteiger partial charge is 0.227 e. The molecule has 3 aliphatic heterocycles. The van der Waals surface area contributed by atoms with Crippen molar-refractivity contribution in [2.75, 3.05) is 54.6 Å². The maximum Gasteiger partial charge on any atom is 0.227 e. The molecule has 2 bridgehead atoms. The average molecular weight is 446 g/mol. The van der Waals surface area contributed by atoms with Gasteiger partial charge in [0.15, 0.2) is 0 Å². The van der Waals surface area contributed by atoms with Gasteiger partial charge in [0.2, 0.25) is 11.9 Å². The number of ether oxygens (including phenoxy) is 2. The van der Waals surface area contributed by atoms with Crippen LogP contribution in [-0.4, -0.2) is 71.5 Å². The molecule has 0 amide bonds. The molecule has 9 nitrogen and oxygen atoms in total. The summed E-state index contributed by atoms with van der Waals surface area (Å²) in [7, 11) is 0. The van der Waals surface area contributed by atoms with Crippen molar-refractivity contribution >= 4 is 23.3 Å². The molecule has 2 unspecified atom stereocenters. The van der Waals surface area contributed by atoms with Gasteiger partial charge in [-0.25, -0.2) is 19.9 Å². The van der Waals surface area contributed by atoms with Crippen LogP contribution in [0.3, 0.4) is 0 Å². The highest BCUT2D eigenvalue weighted by molar-refractivity contribution is 5.66. The quantitative estimate of drug-likeness (QED) is 0.637. The van der Waals surface area contributed by atoms with E-state index >= 15 is 0 Å². The third-order valence-electron chi connectivity index (χ3n) is 6.55. The zero-order chi connectivity index (χ0) is 22.2. The third kappa shape index (κ3) is 4.09. The van der Waals surface area contributed by atoms with Gasteiger partial charge in [0.1, 0.15) is 0 Å². The molecule has 0 spiro atoms. The Bertz CT molecular complexity index is 1130. The number of aryl methyl sites for hydroxylation is 1. The van der Waals surface area contributed by atoms with Crippen molar-refractivity contribution < 1.29 is 9.47 Å². The summed E-state index contributed by atoms with van der Waals surface area (Å²) in [6, 6.07) is 8.80. The standard InChI is InChI=1S/C24H27N7O2/c1-16-10-18(2-3-22(16)31-14-20-11-19(31)15-33-20)28-23-25-5-4-21(29-23)17-12-26-24(27-13-17)30-6-8-32-9-7-30/h2-5,10,12-13,19-20H,6-9,11,14-15H2,1H3,(H,25,28,29). The number of hydrogen-bond donors (Lipinski definition) is 1. The van der Waals surface area contributed by atoms with Gasteiger partial charge >= 0.3 is 0 Å². The lowest BCUT2D eigenvalue weighted by Crippen LogP contribution is -2.37. The molecule has 0 radical (unpaired) electrons. The van der Waals surface area contributed by atoms with Crippen LogP contribution < -0.4 is 15.1 Å². The van der Waals surface area contributed by atoms with E-state index in [-0.39, 0.29) is 0 Å². The molecule has 5 heterocycles. The van der Waals surface area contributed by atoms with Crippen LogP contribution in [0.5, 0.6) is 0 Å². The van der Waals surface area contributed by atoms with Crippen LogP contribution in [0, 0.1) is 6.92 Å². The molecule has 3 saturated heterocycles. The SMILES string of the molecule is Cc1cc(Nc2nccc(-c3cnc(N4CCOCC4)nc3)n2)ccc1N1CC2CC1CO2. The van der Waals surface area contributed by atoms with E-state index in [1.54, 1.807) is 6.20 Å². The highest BCUT2D eigenvalue weighted by Gasteiger charge is 2.39. The second-order valence-electron chi connectivity index (χ2n) is 8.76. The predicted molar refractivity (Wildman–Crippen MR) is 126 cm³/mol. The Kier molecular flexibility index (Phi) is 5.27. The van der Waals surface area contributed by atoms with Crippen molar-refractivity contribution in [3.63, 3.8) is 0 Å². The first-order valence-electron chi connectivity index (χ1n) is 11.5. The molecule has 1 N–H and O–H groups in total. The van der Waals surface area contributed by atoms with Gasteiger partial charge in [-0.15, -0.1) is 0 Å². The summed E-state index contributed by atoms with van der Waals surface area (Å²) in [6.45, 7) is 7.01. The fourth-order valence-corrected chi connectivity index (χ4v) is 4.84. The molecule has 0 saturated carbocycles. The maximum absolute atomic E-state index is 5.74. The third-order valence-corrected chi connectivity index (χ3v) is 6.55. The number of nitrogens with zero attached hydrogens (tertiary/aromatic N) is 6. The van der Waals surface area contributed by atoms with Crippen LogP contribution in [0.15, 0.2) is 42.9 Å². The Labute approximate surface area is 192 Å². The van der Waals surface area contributed by atoms with Gasteiger partial charge < -0.3 is 24.6 Å². The number of benzene rings is 1. The summed E-state index contributed by atoms with van der Waals surface area (Å²) in [5.74, 6) is 1.27. The van der Waals surface area contributed by atoms with Gasteiger partial charge in [-0.05, 0) is 43.2 Å². The number of aromatic nitrogens is 4. The molecule has 3 aromatic rings. The number of fused-ring (bicyclic) bond motifs is 2. The number of hydrogen-bond acceptors (Lipinski definition) is 9. The molecule has 2 atom stereocenters. The van der Waals surface area contributed by atoms with Gasteiger partial charge in [-0.1, -0.05) is 0 Å². The van der Waals surface area contributed by atoms with E-state index in [9.17, 15) is 0 Å². The molecular formula is C24H27N7O2. The Hall–Kier alpha value is -3.30. The predicted octanol–water partition coefficient (Wildman–Crippen LogP) is 2.80. The van der Waals surface area contributed by atoms with Crippen molar-refractivity contribution in [1.82, 2.24) is 19.9 Å². The summed E-state index contributed by atoms with van der Waals surface area (Å²) in [5, 5.41) is 3.34. The number of morpholine rings is 2. The first-order valence-corrected chi connectivity index (χ1v) is 11.5. The van der Waals surface area contributed by atoms with Gasteiger partial charge in [0.25, 0.3) is 0 Å². The fraction of sp³-hybridized carbons (Fsp3) is 0.417. The number of rotatable bonds is 5. The van der Waals surface area contributed by atoms with E-state index in [1.807, 2.05) is 18.5 Å². The van der Waals surface area contributed by atoms with Gasteiger partial charge in [0.05, 0.1) is 37.7 Å². The fourth-order valence-electron chi connectivity index (χ4n) is 4.84. The molecule has 9 heteroatoms. The molecule has 2 aromatic heterocycles. The molecule has 3 aliphatic rings. The summed E-state index contributed by atoms with van der Waals surface area (Å²) in [6.07, 6.45) is 6.90. The summed E-state index contributed by atoms with van der Waals surface area (Å²) < 4.78 is 11.1. The minimum atomic E-state index is 0.384. The lowest BCUT2D eigenvalue weighted by molar-refractivity contribution is 0.0991. The molecule has 3 fully saturated rings. The lowest BCUT2D eigenvalue weighted by Gasteiger charge is -2.30. The van der Waals surface area contributed by atoms with Crippen molar-refractivity contribution in [3.05, 3.63) is 48.4 Å². The van der Waals surface area contributed by atoms with E-state index in [0.717, 1.165) is 55.6 Å². The molecule has 6 rings (SSSR count). The second-order valence-corrected chi connectivity index (χ2v) is 8.76. The van der Waals surface area contributed by atoms with Crippen LogP contribution in [-0.2, 0) is 9.47 Å². The summed E-state index contributed by atoms with van der Waals surface area (Å²) in [5.41, 5.74) is 5.12. The van der Waals surface area contributed by atoms with E-state index < -0.39 is 0 Å². The zero-order valence-corrected chi connectivity index (χ0v) is 18.6. The normalized spacial score (nSPS) is 22.1. The van der Waals surface area contributed by atoms with Crippen LogP contribution in [0.2, 0.25) is 0 Å². The monoisotopic (exact) mass is 445 g/mol. The number of anilines is 4. The molecule has 0 aliphatic carbocycles. The molecule has 33 heavy (non-hydrogen) atoms. The average Bonchev–Trinajstić information content (AvgIpc) is 3.49. The lowest BCUT2D eigenvalue weighted by atomic mass is 10.1. The molecule has 1 aromatic carbocycles. The van der Waals surface area contributed by atoms with E-state index in [4.69, 9.17) is 9.47 Å². The van der Waals surface area contributed by atoms with Crippen molar-refractivity contribution in [1.29, 1.82) is 0 Å². The van der Waals surface area contributed by atoms with E-state index in [0.29, 0.717) is 31.3 Å². The molecular weight excluding hydrogens is 418 g/mol. The maximum atomic E-state index is 5.74. The topological polar surface area (TPSA) is 88.5 Å². The molecule has 170 valence electrons. The van der Waals surface area contributed by atoms with E-state index in [2.05, 4.69) is 60.2 Å². The minimum Gasteiger partial charge on any atom is -0.378 e. The van der Waals surface area contributed by atoms with Crippen LogP contribution in [0.1, 0.15) is 12.0 Å². The van der Waals surface area contributed by atoms with E-state index in [1.165, 1.54) is 11.3 Å².